The number of pyridine rings is 1. The fourth-order valence-corrected chi connectivity index (χ4v) is 3.84. The van der Waals surface area contributed by atoms with Crippen molar-refractivity contribution >= 4 is 23.4 Å². The van der Waals surface area contributed by atoms with Crippen LogP contribution in [0.15, 0.2) is 47.6 Å². The van der Waals surface area contributed by atoms with Gasteiger partial charge in [0.25, 0.3) is 0 Å². The number of aromatic nitrogens is 4. The number of benzene rings is 1. The molecule has 0 aliphatic rings. The van der Waals surface area contributed by atoms with Gasteiger partial charge in [0.15, 0.2) is 5.16 Å². The number of halogens is 1. The van der Waals surface area contributed by atoms with Gasteiger partial charge in [-0.2, -0.15) is 0 Å². The van der Waals surface area contributed by atoms with Gasteiger partial charge in [-0.3, -0.25) is 9.88 Å². The van der Waals surface area contributed by atoms with Gasteiger partial charge in [-0.25, -0.2) is 0 Å². The fourth-order valence-electron chi connectivity index (χ4n) is 2.63. The largest absolute Gasteiger partial charge is 0.308 e. The van der Waals surface area contributed by atoms with Crippen molar-refractivity contribution in [2.75, 3.05) is 7.05 Å². The van der Waals surface area contributed by atoms with E-state index in [1.54, 1.807) is 11.8 Å². The molecule has 0 N–H and O–H groups in total. The Morgan fingerprint density at radius 1 is 1.08 bits per heavy atom. The summed E-state index contributed by atoms with van der Waals surface area (Å²) >= 11 is 7.87. The molecular formula is C19H22ClN5S. The lowest BCUT2D eigenvalue weighted by Crippen LogP contribution is -2.20. The SMILES string of the molecule is Cc1cccc(CN(C)Cc2nnc(SCc3ccccc3Cl)n2C)n1. The molecule has 3 aromatic rings. The van der Waals surface area contributed by atoms with E-state index in [4.69, 9.17) is 11.6 Å². The second-order valence-corrected chi connectivity index (χ2v) is 7.63. The molecule has 7 heteroatoms. The van der Waals surface area contributed by atoms with E-state index in [9.17, 15) is 0 Å². The molecule has 0 spiro atoms. The van der Waals surface area contributed by atoms with E-state index in [2.05, 4.69) is 27.1 Å². The van der Waals surface area contributed by atoms with Gasteiger partial charge in [-0.1, -0.05) is 47.6 Å². The predicted molar refractivity (Wildman–Crippen MR) is 106 cm³/mol. The predicted octanol–water partition coefficient (Wildman–Crippen LogP) is 4.10. The molecule has 1 aromatic carbocycles. The molecule has 0 atom stereocenters. The van der Waals surface area contributed by atoms with E-state index in [0.717, 1.165) is 45.3 Å². The van der Waals surface area contributed by atoms with Crippen LogP contribution >= 0.6 is 23.4 Å². The molecule has 0 radical (unpaired) electrons. The summed E-state index contributed by atoms with van der Waals surface area (Å²) in [6.45, 7) is 3.50. The highest BCUT2D eigenvalue weighted by Gasteiger charge is 2.13. The van der Waals surface area contributed by atoms with Crippen LogP contribution < -0.4 is 0 Å². The summed E-state index contributed by atoms with van der Waals surface area (Å²) in [5, 5.41) is 10.3. The third-order valence-corrected chi connectivity index (χ3v) is 5.47. The highest BCUT2D eigenvalue weighted by Crippen LogP contribution is 2.25. The summed E-state index contributed by atoms with van der Waals surface area (Å²) in [4.78, 5) is 6.74. The number of nitrogens with zero attached hydrogens (tertiary/aromatic N) is 5. The Kier molecular flexibility index (Phi) is 6.29. The van der Waals surface area contributed by atoms with Crippen LogP contribution in [0.3, 0.4) is 0 Å². The lowest BCUT2D eigenvalue weighted by atomic mass is 10.2. The van der Waals surface area contributed by atoms with Crippen LogP contribution in [0.2, 0.25) is 5.02 Å². The van der Waals surface area contributed by atoms with Crippen molar-refractivity contribution in [3.8, 4) is 0 Å². The Balaban J connectivity index is 1.60. The van der Waals surface area contributed by atoms with Crippen molar-refractivity contribution in [3.63, 3.8) is 0 Å². The first-order valence-corrected chi connectivity index (χ1v) is 9.75. The van der Waals surface area contributed by atoms with Crippen molar-refractivity contribution in [1.82, 2.24) is 24.6 Å². The topological polar surface area (TPSA) is 46.8 Å². The number of thioether (sulfide) groups is 1. The van der Waals surface area contributed by atoms with Crippen LogP contribution in [-0.4, -0.2) is 31.7 Å². The summed E-state index contributed by atoms with van der Waals surface area (Å²) in [6, 6.07) is 14.0. The van der Waals surface area contributed by atoms with Crippen molar-refractivity contribution in [2.45, 2.75) is 30.9 Å². The molecule has 136 valence electrons. The maximum atomic E-state index is 6.22. The number of hydrogen-bond donors (Lipinski definition) is 0. The molecule has 2 heterocycles. The zero-order valence-corrected chi connectivity index (χ0v) is 16.8. The van der Waals surface area contributed by atoms with E-state index >= 15 is 0 Å². The average Bonchev–Trinajstić information content (AvgIpc) is 2.94. The standard InChI is InChI=1S/C19H22ClN5S/c1-14-7-6-9-16(21-14)11-24(2)12-18-22-23-19(25(18)3)26-13-15-8-4-5-10-17(15)20/h4-10H,11-13H2,1-3H3. The van der Waals surface area contributed by atoms with Crippen LogP contribution in [0.25, 0.3) is 0 Å². The summed E-state index contributed by atoms with van der Waals surface area (Å²) in [6.07, 6.45) is 0. The molecule has 26 heavy (non-hydrogen) atoms. The Hall–Kier alpha value is -1.89. The molecule has 0 bridgehead atoms. The first-order chi connectivity index (χ1) is 12.5. The van der Waals surface area contributed by atoms with Crippen LogP contribution in [0.4, 0.5) is 0 Å². The Bertz CT molecular complexity index is 880. The van der Waals surface area contributed by atoms with E-state index in [1.165, 1.54) is 0 Å². The van der Waals surface area contributed by atoms with Gasteiger partial charge in [-0.15, -0.1) is 10.2 Å². The van der Waals surface area contributed by atoms with Crippen molar-refractivity contribution in [1.29, 1.82) is 0 Å². The summed E-state index contributed by atoms with van der Waals surface area (Å²) in [5.74, 6) is 1.70. The summed E-state index contributed by atoms with van der Waals surface area (Å²) in [7, 11) is 4.07. The molecule has 0 saturated carbocycles. The Morgan fingerprint density at radius 3 is 2.65 bits per heavy atom. The maximum Gasteiger partial charge on any atom is 0.191 e. The van der Waals surface area contributed by atoms with Gasteiger partial charge in [0.1, 0.15) is 5.82 Å². The minimum atomic E-state index is 0.714. The van der Waals surface area contributed by atoms with Crippen LogP contribution in [-0.2, 0) is 25.9 Å². The van der Waals surface area contributed by atoms with E-state index in [0.29, 0.717) is 6.54 Å². The molecule has 0 amide bonds. The monoisotopic (exact) mass is 387 g/mol. The molecule has 0 fully saturated rings. The van der Waals surface area contributed by atoms with Gasteiger partial charge in [0, 0.05) is 30.1 Å². The van der Waals surface area contributed by atoms with Gasteiger partial charge in [0.05, 0.1) is 12.2 Å². The first kappa shape index (κ1) is 18.9. The molecule has 0 aliphatic carbocycles. The Morgan fingerprint density at radius 2 is 1.88 bits per heavy atom. The van der Waals surface area contributed by atoms with Gasteiger partial charge in [-0.05, 0) is 37.7 Å². The molecule has 3 rings (SSSR count). The van der Waals surface area contributed by atoms with Crippen LogP contribution in [0.1, 0.15) is 22.8 Å². The maximum absolute atomic E-state index is 6.22. The second-order valence-electron chi connectivity index (χ2n) is 6.28. The smallest absolute Gasteiger partial charge is 0.191 e. The van der Waals surface area contributed by atoms with Crippen molar-refractivity contribution < 1.29 is 0 Å². The summed E-state index contributed by atoms with van der Waals surface area (Å²) < 4.78 is 2.04. The number of rotatable bonds is 7. The minimum Gasteiger partial charge on any atom is -0.308 e. The van der Waals surface area contributed by atoms with E-state index < -0.39 is 0 Å². The van der Waals surface area contributed by atoms with Crippen molar-refractivity contribution in [2.24, 2.45) is 7.05 Å². The van der Waals surface area contributed by atoms with Crippen molar-refractivity contribution in [3.05, 3.63) is 70.3 Å². The lowest BCUT2D eigenvalue weighted by molar-refractivity contribution is 0.302. The molecule has 0 unspecified atom stereocenters. The molecular weight excluding hydrogens is 366 g/mol. The quantitative estimate of drug-likeness (QED) is 0.571. The summed E-state index contributed by atoms with van der Waals surface area (Å²) in [5.41, 5.74) is 3.20. The van der Waals surface area contributed by atoms with Gasteiger partial charge in [0.2, 0.25) is 0 Å². The normalized spacial score (nSPS) is 11.3. The number of hydrogen-bond acceptors (Lipinski definition) is 5. The highest BCUT2D eigenvalue weighted by molar-refractivity contribution is 7.98. The highest BCUT2D eigenvalue weighted by atomic mass is 35.5. The van der Waals surface area contributed by atoms with E-state index in [-0.39, 0.29) is 0 Å². The molecule has 0 aliphatic heterocycles. The number of aryl methyl sites for hydroxylation is 1. The first-order valence-electron chi connectivity index (χ1n) is 8.38. The third kappa shape index (κ3) is 4.84. The third-order valence-electron chi connectivity index (χ3n) is 4.03. The molecule has 2 aromatic heterocycles. The Labute approximate surface area is 163 Å². The van der Waals surface area contributed by atoms with E-state index in [1.807, 2.05) is 61.0 Å². The van der Waals surface area contributed by atoms with Gasteiger partial charge < -0.3 is 4.57 Å². The van der Waals surface area contributed by atoms with Crippen LogP contribution in [0, 0.1) is 6.92 Å². The lowest BCUT2D eigenvalue weighted by Gasteiger charge is -2.15. The minimum absolute atomic E-state index is 0.714. The van der Waals surface area contributed by atoms with Crippen LogP contribution in [0.5, 0.6) is 0 Å². The molecule has 0 saturated heterocycles. The molecule has 5 nitrogen and oxygen atoms in total. The fraction of sp³-hybridized carbons (Fsp3) is 0.316. The average molecular weight is 388 g/mol. The zero-order chi connectivity index (χ0) is 18.5. The van der Waals surface area contributed by atoms with Gasteiger partial charge >= 0.3 is 0 Å². The zero-order valence-electron chi connectivity index (χ0n) is 15.2. The second kappa shape index (κ2) is 8.66.